The van der Waals surface area contributed by atoms with Gasteiger partial charge in [0.1, 0.15) is 40.3 Å². The summed E-state index contributed by atoms with van der Waals surface area (Å²) in [6.45, 7) is 1.66. The number of esters is 1. The Hall–Kier alpha value is -4.77. The van der Waals surface area contributed by atoms with Gasteiger partial charge in [-0.2, -0.15) is 5.26 Å². The lowest BCUT2D eigenvalue weighted by Crippen LogP contribution is -2.21. The highest BCUT2D eigenvalue weighted by Gasteiger charge is 2.31. The normalized spacial score (nSPS) is 14.7. The monoisotopic (exact) mass is 470 g/mol. The Labute approximate surface area is 199 Å². The Kier molecular flexibility index (Phi) is 5.38. The van der Waals surface area contributed by atoms with Crippen molar-refractivity contribution in [1.82, 2.24) is 0 Å². The number of carbonyl (C=O) groups is 1. The van der Waals surface area contributed by atoms with E-state index in [2.05, 4.69) is 6.07 Å². The largest absolute Gasteiger partial charge is 0.497 e. The van der Waals surface area contributed by atoms with Gasteiger partial charge in [-0.05, 0) is 48.9 Å². The van der Waals surface area contributed by atoms with Crippen LogP contribution in [-0.4, -0.2) is 13.1 Å². The number of benzene rings is 3. The van der Waals surface area contributed by atoms with Crippen LogP contribution in [0.4, 0.5) is 4.39 Å². The number of furan rings is 1. The molecule has 7 nitrogen and oxygen atoms in total. The van der Waals surface area contributed by atoms with E-state index in [1.54, 1.807) is 38.3 Å². The van der Waals surface area contributed by atoms with Crippen molar-refractivity contribution in [2.24, 2.45) is 5.73 Å². The molecule has 1 aromatic heterocycles. The summed E-state index contributed by atoms with van der Waals surface area (Å²) >= 11 is 0. The third-order valence-corrected chi connectivity index (χ3v) is 5.93. The van der Waals surface area contributed by atoms with Crippen molar-refractivity contribution in [1.29, 1.82) is 5.26 Å². The van der Waals surface area contributed by atoms with Crippen LogP contribution < -0.4 is 19.9 Å². The molecule has 8 heteroatoms. The minimum Gasteiger partial charge on any atom is -0.497 e. The highest BCUT2D eigenvalue weighted by atomic mass is 19.1. The minimum atomic E-state index is -0.734. The van der Waals surface area contributed by atoms with Crippen molar-refractivity contribution in [3.05, 3.63) is 100 Å². The van der Waals surface area contributed by atoms with Gasteiger partial charge in [0.25, 0.3) is 0 Å². The maximum Gasteiger partial charge on any atom is 0.379 e. The summed E-state index contributed by atoms with van der Waals surface area (Å²) in [5.41, 5.74) is 8.71. The van der Waals surface area contributed by atoms with Gasteiger partial charge in [0.05, 0.1) is 13.0 Å². The topological polar surface area (TPSA) is 108 Å². The summed E-state index contributed by atoms with van der Waals surface area (Å²) in [4.78, 5) is 12.8. The number of halogens is 1. The smallest absolute Gasteiger partial charge is 0.379 e. The molecule has 4 aromatic rings. The number of nitrogens with zero attached hydrogens (tertiary/aromatic N) is 1. The van der Waals surface area contributed by atoms with E-state index in [0.717, 1.165) is 5.56 Å². The van der Waals surface area contributed by atoms with E-state index in [1.165, 1.54) is 24.3 Å². The number of aryl methyl sites for hydroxylation is 1. The van der Waals surface area contributed by atoms with Crippen LogP contribution in [0.15, 0.2) is 76.5 Å². The van der Waals surface area contributed by atoms with E-state index in [4.69, 9.17) is 24.4 Å². The predicted molar refractivity (Wildman–Crippen MR) is 125 cm³/mol. The van der Waals surface area contributed by atoms with Gasteiger partial charge in [0.2, 0.25) is 11.6 Å². The Morgan fingerprint density at radius 3 is 2.54 bits per heavy atom. The van der Waals surface area contributed by atoms with E-state index >= 15 is 0 Å². The first kappa shape index (κ1) is 22.0. The lowest BCUT2D eigenvalue weighted by atomic mass is 9.83. The zero-order valence-corrected chi connectivity index (χ0v) is 18.8. The molecule has 1 atom stereocenters. The zero-order valence-electron chi connectivity index (χ0n) is 18.8. The SMILES string of the molecule is COc1ccc(C2C(C#N)=C(N)Oc3cc(OC(=O)c4oc5ccc(F)cc5c4C)ccc32)cc1. The van der Waals surface area contributed by atoms with Crippen LogP contribution in [0, 0.1) is 24.1 Å². The molecule has 2 heterocycles. The summed E-state index contributed by atoms with van der Waals surface area (Å²) in [5, 5.41) is 10.2. The van der Waals surface area contributed by atoms with Crippen molar-refractivity contribution in [2.75, 3.05) is 7.11 Å². The molecule has 0 radical (unpaired) electrons. The number of nitriles is 1. The molecule has 0 aliphatic carbocycles. The quantitative estimate of drug-likeness (QED) is 0.317. The summed E-state index contributed by atoms with van der Waals surface area (Å²) in [6.07, 6.45) is 0. The van der Waals surface area contributed by atoms with Gasteiger partial charge in [-0.15, -0.1) is 0 Å². The van der Waals surface area contributed by atoms with Crippen LogP contribution in [0.5, 0.6) is 17.2 Å². The standard InChI is InChI=1S/C27H19FN2O5/c1-14-20-11-16(28)5-10-22(20)34-25(14)27(31)33-18-8-9-19-23(12-18)35-26(30)21(13-29)24(19)15-3-6-17(32-2)7-4-15/h3-12,24H,30H2,1-2H3. The molecule has 0 saturated carbocycles. The molecule has 0 bridgehead atoms. The highest BCUT2D eigenvalue weighted by Crippen LogP contribution is 2.43. The fraction of sp³-hybridized carbons (Fsp3) is 0.111. The maximum absolute atomic E-state index is 13.6. The van der Waals surface area contributed by atoms with Crippen molar-refractivity contribution in [3.8, 4) is 23.3 Å². The lowest BCUT2D eigenvalue weighted by Gasteiger charge is -2.26. The summed E-state index contributed by atoms with van der Waals surface area (Å²) < 4.78 is 35.6. The molecule has 0 saturated heterocycles. The number of hydrogen-bond donors (Lipinski definition) is 1. The molecule has 5 rings (SSSR count). The molecule has 1 aliphatic rings. The molecule has 174 valence electrons. The molecule has 1 aliphatic heterocycles. The number of nitrogens with two attached hydrogens (primary N) is 1. The first-order chi connectivity index (χ1) is 16.9. The number of hydrogen-bond acceptors (Lipinski definition) is 7. The van der Waals surface area contributed by atoms with Gasteiger partial charge >= 0.3 is 5.97 Å². The third kappa shape index (κ3) is 3.83. The second-order valence-corrected chi connectivity index (χ2v) is 7.98. The van der Waals surface area contributed by atoms with Crippen LogP contribution in [0.2, 0.25) is 0 Å². The molecule has 35 heavy (non-hydrogen) atoms. The Balaban J connectivity index is 1.48. The second kappa shape index (κ2) is 8.54. The van der Waals surface area contributed by atoms with Crippen molar-refractivity contribution in [2.45, 2.75) is 12.8 Å². The van der Waals surface area contributed by atoms with E-state index in [-0.39, 0.29) is 23.0 Å². The fourth-order valence-electron chi connectivity index (χ4n) is 4.18. The molecule has 0 spiro atoms. The number of fused-ring (bicyclic) bond motifs is 2. The van der Waals surface area contributed by atoms with E-state index in [0.29, 0.717) is 33.6 Å². The Morgan fingerprint density at radius 2 is 1.83 bits per heavy atom. The second-order valence-electron chi connectivity index (χ2n) is 7.98. The van der Waals surface area contributed by atoms with Gasteiger partial charge in [-0.1, -0.05) is 18.2 Å². The van der Waals surface area contributed by atoms with Crippen molar-refractivity contribution in [3.63, 3.8) is 0 Å². The minimum absolute atomic E-state index is 0.0217. The van der Waals surface area contributed by atoms with Crippen molar-refractivity contribution < 1.29 is 27.8 Å². The van der Waals surface area contributed by atoms with E-state index in [1.807, 2.05) is 12.1 Å². The average molecular weight is 470 g/mol. The molecule has 1 unspecified atom stereocenters. The molecule has 0 fully saturated rings. The van der Waals surface area contributed by atoms with Crippen LogP contribution >= 0.6 is 0 Å². The summed E-state index contributed by atoms with van der Waals surface area (Å²) in [5.74, 6) is -0.442. The van der Waals surface area contributed by atoms with Gasteiger partial charge in [-0.3, -0.25) is 0 Å². The van der Waals surface area contributed by atoms with Gasteiger partial charge in [0.15, 0.2) is 0 Å². The lowest BCUT2D eigenvalue weighted by molar-refractivity contribution is 0.0702. The number of rotatable bonds is 4. The number of methoxy groups -OCH3 is 1. The molecule has 2 N–H and O–H groups in total. The number of carbonyl (C=O) groups excluding carboxylic acids is 1. The fourth-order valence-corrected chi connectivity index (χ4v) is 4.18. The Morgan fingerprint density at radius 1 is 1.09 bits per heavy atom. The number of ether oxygens (including phenoxy) is 3. The zero-order chi connectivity index (χ0) is 24.7. The van der Waals surface area contributed by atoms with Gasteiger partial charge in [-0.25, -0.2) is 9.18 Å². The average Bonchev–Trinajstić information content (AvgIpc) is 3.19. The number of allylic oxidation sites excluding steroid dienone is 1. The van der Waals surface area contributed by atoms with Gasteiger partial charge in [0, 0.05) is 22.6 Å². The predicted octanol–water partition coefficient (Wildman–Crippen LogP) is 5.33. The van der Waals surface area contributed by atoms with Crippen LogP contribution in [0.1, 0.15) is 33.2 Å². The van der Waals surface area contributed by atoms with E-state index < -0.39 is 17.7 Å². The molecule has 3 aromatic carbocycles. The molecular weight excluding hydrogens is 451 g/mol. The van der Waals surface area contributed by atoms with E-state index in [9.17, 15) is 14.4 Å². The highest BCUT2D eigenvalue weighted by molar-refractivity contribution is 5.96. The Bertz CT molecular complexity index is 1550. The van der Waals surface area contributed by atoms with Crippen LogP contribution in [-0.2, 0) is 0 Å². The first-order valence-electron chi connectivity index (χ1n) is 10.7. The van der Waals surface area contributed by atoms with Crippen LogP contribution in [0.25, 0.3) is 11.0 Å². The maximum atomic E-state index is 13.6. The summed E-state index contributed by atoms with van der Waals surface area (Å²) in [6, 6.07) is 18.3. The van der Waals surface area contributed by atoms with Gasteiger partial charge < -0.3 is 24.4 Å². The molecule has 0 amide bonds. The first-order valence-corrected chi connectivity index (χ1v) is 10.7. The summed E-state index contributed by atoms with van der Waals surface area (Å²) in [7, 11) is 1.57. The molecular formula is C27H19FN2O5. The third-order valence-electron chi connectivity index (χ3n) is 5.93. The van der Waals surface area contributed by atoms with Crippen molar-refractivity contribution >= 4 is 16.9 Å². The van der Waals surface area contributed by atoms with Crippen LogP contribution in [0.3, 0.4) is 0 Å².